The molecule has 0 atom stereocenters. The Kier molecular flexibility index (Phi) is 6.54. The minimum atomic E-state index is -0.228. The zero-order valence-electron chi connectivity index (χ0n) is 11.7. The summed E-state index contributed by atoms with van der Waals surface area (Å²) in [4.78, 5) is 12.3. The number of carbonyl (C=O) groups is 1. The summed E-state index contributed by atoms with van der Waals surface area (Å²) < 4.78 is 0. The van der Waals surface area contributed by atoms with Crippen molar-refractivity contribution in [1.82, 2.24) is 5.32 Å². The molecule has 1 aromatic rings. The van der Waals surface area contributed by atoms with Crippen molar-refractivity contribution in [2.45, 2.75) is 38.6 Å². The number of nitrogens with one attached hydrogen (secondary N) is 1. The van der Waals surface area contributed by atoms with Crippen molar-refractivity contribution in [3.8, 4) is 0 Å². The van der Waals surface area contributed by atoms with E-state index < -0.39 is 0 Å². The molecular formula is C15H21Br2NO. The summed E-state index contributed by atoms with van der Waals surface area (Å²) >= 11 is 6.96. The van der Waals surface area contributed by atoms with Crippen LogP contribution in [0.1, 0.15) is 49.0 Å². The fourth-order valence-electron chi connectivity index (χ4n) is 1.71. The molecule has 19 heavy (non-hydrogen) atoms. The number of alkyl halides is 2. The van der Waals surface area contributed by atoms with Crippen molar-refractivity contribution < 1.29 is 4.79 Å². The first-order chi connectivity index (χ1) is 8.98. The van der Waals surface area contributed by atoms with Gasteiger partial charge in [0.25, 0.3) is 5.91 Å². The van der Waals surface area contributed by atoms with Gasteiger partial charge in [-0.2, -0.15) is 0 Å². The average molecular weight is 391 g/mol. The lowest BCUT2D eigenvalue weighted by Crippen LogP contribution is -2.51. The molecule has 106 valence electrons. The summed E-state index contributed by atoms with van der Waals surface area (Å²) in [5, 5.41) is 4.58. The molecule has 0 saturated carbocycles. The van der Waals surface area contributed by atoms with E-state index in [-0.39, 0.29) is 11.4 Å². The molecule has 0 aliphatic heterocycles. The summed E-state index contributed by atoms with van der Waals surface area (Å²) in [6.07, 6.45) is 0.874. The van der Waals surface area contributed by atoms with Gasteiger partial charge in [-0.25, -0.2) is 0 Å². The third-order valence-corrected chi connectivity index (χ3v) is 5.55. The minimum Gasteiger partial charge on any atom is -0.345 e. The van der Waals surface area contributed by atoms with Gasteiger partial charge in [-0.15, -0.1) is 0 Å². The van der Waals surface area contributed by atoms with E-state index in [1.54, 1.807) is 0 Å². The molecule has 0 aromatic heterocycles. The van der Waals surface area contributed by atoms with Crippen LogP contribution >= 0.6 is 31.9 Å². The maximum absolute atomic E-state index is 12.3. The summed E-state index contributed by atoms with van der Waals surface area (Å²) in [7, 11) is 0. The molecule has 4 heteroatoms. The van der Waals surface area contributed by atoms with Gasteiger partial charge in [0, 0.05) is 16.2 Å². The number of hydrogen-bond acceptors (Lipinski definition) is 1. The zero-order chi connectivity index (χ0) is 14.5. The Morgan fingerprint density at radius 3 is 2.11 bits per heavy atom. The molecule has 0 aliphatic carbocycles. The third kappa shape index (κ3) is 4.32. The number of amides is 1. The summed E-state index contributed by atoms with van der Waals surface area (Å²) in [6, 6.07) is 7.84. The van der Waals surface area contributed by atoms with Crippen molar-refractivity contribution in [3.63, 3.8) is 0 Å². The third-order valence-electron chi connectivity index (χ3n) is 3.41. The van der Waals surface area contributed by atoms with Crippen LogP contribution in [-0.2, 0) is 0 Å². The second-order valence-corrected chi connectivity index (χ2v) is 6.25. The molecule has 0 radical (unpaired) electrons. The smallest absolute Gasteiger partial charge is 0.251 e. The Morgan fingerprint density at radius 1 is 1.21 bits per heavy atom. The predicted molar refractivity (Wildman–Crippen MR) is 88.6 cm³/mol. The Balaban J connectivity index is 2.83. The number of carbonyl (C=O) groups excluding carboxylic acids is 1. The van der Waals surface area contributed by atoms with E-state index in [4.69, 9.17) is 0 Å². The monoisotopic (exact) mass is 389 g/mol. The minimum absolute atomic E-state index is 0.0175. The normalized spacial score (nSPS) is 11.7. The number of halogens is 2. The van der Waals surface area contributed by atoms with Gasteiger partial charge in [0.2, 0.25) is 0 Å². The van der Waals surface area contributed by atoms with Crippen LogP contribution in [0, 0.1) is 0 Å². The molecule has 0 unspecified atom stereocenters. The predicted octanol–water partition coefficient (Wildman–Crippen LogP) is 4.48. The quantitative estimate of drug-likeness (QED) is 0.713. The van der Waals surface area contributed by atoms with Crippen LogP contribution in [0.5, 0.6) is 0 Å². The van der Waals surface area contributed by atoms with Crippen LogP contribution in [0.15, 0.2) is 24.3 Å². The molecule has 0 fully saturated rings. The Morgan fingerprint density at radius 2 is 1.74 bits per heavy atom. The molecule has 0 aliphatic rings. The molecular weight excluding hydrogens is 370 g/mol. The Hall–Kier alpha value is -0.350. The standard InChI is InChI=1S/C15H21Br2NO/c1-4-15(9-16,10-17)18-14(19)13-7-5-12(6-8-13)11(2)3/h5-8,11H,4,9-10H2,1-3H3,(H,18,19). The summed E-state index contributed by atoms with van der Waals surface area (Å²) in [6.45, 7) is 6.37. The van der Waals surface area contributed by atoms with Crippen LogP contribution in [-0.4, -0.2) is 22.1 Å². The zero-order valence-corrected chi connectivity index (χ0v) is 14.8. The average Bonchev–Trinajstić information content (AvgIpc) is 2.45. The Labute approximate surface area is 132 Å². The first-order valence-corrected chi connectivity index (χ1v) is 8.76. The largest absolute Gasteiger partial charge is 0.345 e. The fraction of sp³-hybridized carbons (Fsp3) is 0.533. The lowest BCUT2D eigenvalue weighted by molar-refractivity contribution is 0.0915. The molecule has 1 aromatic carbocycles. The van der Waals surface area contributed by atoms with E-state index in [0.717, 1.165) is 17.1 Å². The lowest BCUT2D eigenvalue weighted by Gasteiger charge is -2.30. The van der Waals surface area contributed by atoms with E-state index in [9.17, 15) is 4.79 Å². The highest BCUT2D eigenvalue weighted by atomic mass is 79.9. The number of hydrogen-bond donors (Lipinski definition) is 1. The van der Waals surface area contributed by atoms with Crippen LogP contribution in [0.25, 0.3) is 0 Å². The van der Waals surface area contributed by atoms with E-state index >= 15 is 0 Å². The molecule has 1 rings (SSSR count). The van der Waals surface area contributed by atoms with E-state index in [2.05, 4.69) is 57.9 Å². The second kappa shape index (κ2) is 7.44. The van der Waals surface area contributed by atoms with E-state index in [1.807, 2.05) is 24.3 Å². The van der Waals surface area contributed by atoms with Crippen LogP contribution in [0.4, 0.5) is 0 Å². The molecule has 0 spiro atoms. The van der Waals surface area contributed by atoms with Crippen LogP contribution in [0.2, 0.25) is 0 Å². The molecule has 2 nitrogen and oxygen atoms in total. The van der Waals surface area contributed by atoms with Gasteiger partial charge in [0.05, 0.1) is 5.54 Å². The van der Waals surface area contributed by atoms with Crippen molar-refractivity contribution in [2.75, 3.05) is 10.7 Å². The number of rotatable bonds is 6. The van der Waals surface area contributed by atoms with Gasteiger partial charge in [-0.3, -0.25) is 4.79 Å². The van der Waals surface area contributed by atoms with Crippen molar-refractivity contribution in [1.29, 1.82) is 0 Å². The van der Waals surface area contributed by atoms with Crippen molar-refractivity contribution in [2.24, 2.45) is 0 Å². The lowest BCUT2D eigenvalue weighted by atomic mass is 9.99. The maximum atomic E-state index is 12.3. The molecule has 1 N–H and O–H groups in total. The van der Waals surface area contributed by atoms with Gasteiger partial charge in [-0.1, -0.05) is 64.8 Å². The van der Waals surface area contributed by atoms with Crippen LogP contribution < -0.4 is 5.32 Å². The van der Waals surface area contributed by atoms with E-state index in [0.29, 0.717) is 11.5 Å². The molecule has 0 saturated heterocycles. The van der Waals surface area contributed by atoms with Crippen molar-refractivity contribution >= 4 is 37.8 Å². The highest BCUT2D eigenvalue weighted by Crippen LogP contribution is 2.19. The topological polar surface area (TPSA) is 29.1 Å². The maximum Gasteiger partial charge on any atom is 0.251 e. The molecule has 0 heterocycles. The van der Waals surface area contributed by atoms with Crippen LogP contribution in [0.3, 0.4) is 0 Å². The first-order valence-electron chi connectivity index (χ1n) is 6.52. The molecule has 0 bridgehead atoms. The van der Waals surface area contributed by atoms with Gasteiger partial charge in [-0.05, 0) is 30.0 Å². The van der Waals surface area contributed by atoms with Gasteiger partial charge in [0.1, 0.15) is 0 Å². The van der Waals surface area contributed by atoms with Gasteiger partial charge >= 0.3 is 0 Å². The fourth-order valence-corrected chi connectivity index (χ4v) is 3.71. The highest BCUT2D eigenvalue weighted by molar-refractivity contribution is 9.09. The first kappa shape index (κ1) is 16.7. The van der Waals surface area contributed by atoms with Crippen molar-refractivity contribution in [3.05, 3.63) is 35.4 Å². The second-order valence-electron chi connectivity index (χ2n) is 5.13. The van der Waals surface area contributed by atoms with E-state index in [1.165, 1.54) is 5.56 Å². The molecule has 1 amide bonds. The Bertz CT molecular complexity index is 402. The summed E-state index contributed by atoms with van der Waals surface area (Å²) in [5.74, 6) is 0.466. The van der Waals surface area contributed by atoms with Gasteiger partial charge < -0.3 is 5.32 Å². The number of benzene rings is 1. The highest BCUT2D eigenvalue weighted by Gasteiger charge is 2.27. The van der Waals surface area contributed by atoms with Gasteiger partial charge in [0.15, 0.2) is 0 Å². The SMILES string of the molecule is CCC(CBr)(CBr)NC(=O)c1ccc(C(C)C)cc1. The summed E-state index contributed by atoms with van der Waals surface area (Å²) in [5.41, 5.74) is 1.73.